The molecular weight excluding hydrogens is 236 g/mol. The topological polar surface area (TPSA) is 32.3 Å². The van der Waals surface area contributed by atoms with E-state index in [9.17, 15) is 4.79 Å². The zero-order chi connectivity index (χ0) is 11.8. The first-order valence-electron chi connectivity index (χ1n) is 6.54. The standard InChI is InChI=1S/C13H24N2O.ClH/c1-10(2)11(3)12(16)15-7-5-13(9-15)4-6-14-8-13;/h10-11,14H,4-9H2,1-3H3;1H. The van der Waals surface area contributed by atoms with E-state index in [1.54, 1.807) is 0 Å². The van der Waals surface area contributed by atoms with Crippen LogP contribution in [0.3, 0.4) is 0 Å². The van der Waals surface area contributed by atoms with E-state index in [1.807, 2.05) is 0 Å². The van der Waals surface area contributed by atoms with Crippen molar-refractivity contribution in [3.63, 3.8) is 0 Å². The molecule has 2 rings (SSSR count). The average molecular weight is 261 g/mol. The van der Waals surface area contributed by atoms with Crippen molar-refractivity contribution in [2.24, 2.45) is 17.3 Å². The van der Waals surface area contributed by atoms with Crippen LogP contribution in [0.15, 0.2) is 0 Å². The summed E-state index contributed by atoms with van der Waals surface area (Å²) >= 11 is 0. The molecule has 0 aliphatic carbocycles. The first kappa shape index (κ1) is 14.8. The molecule has 0 radical (unpaired) electrons. The third kappa shape index (κ3) is 2.94. The van der Waals surface area contributed by atoms with E-state index in [0.29, 0.717) is 17.2 Å². The quantitative estimate of drug-likeness (QED) is 0.823. The fraction of sp³-hybridized carbons (Fsp3) is 0.923. The first-order chi connectivity index (χ1) is 7.54. The number of rotatable bonds is 2. The predicted molar refractivity (Wildman–Crippen MR) is 72.4 cm³/mol. The summed E-state index contributed by atoms with van der Waals surface area (Å²) in [5.74, 6) is 0.981. The lowest BCUT2D eigenvalue weighted by molar-refractivity contribution is -0.135. The molecule has 2 aliphatic rings. The van der Waals surface area contributed by atoms with Crippen molar-refractivity contribution >= 4 is 18.3 Å². The highest BCUT2D eigenvalue weighted by atomic mass is 35.5. The number of amides is 1. The Labute approximate surface area is 111 Å². The highest BCUT2D eigenvalue weighted by molar-refractivity contribution is 5.85. The van der Waals surface area contributed by atoms with E-state index in [1.165, 1.54) is 12.8 Å². The smallest absolute Gasteiger partial charge is 0.225 e. The van der Waals surface area contributed by atoms with Gasteiger partial charge in [0.15, 0.2) is 0 Å². The molecule has 2 fully saturated rings. The van der Waals surface area contributed by atoms with E-state index in [0.717, 1.165) is 26.2 Å². The van der Waals surface area contributed by atoms with Crippen LogP contribution in [0.2, 0.25) is 0 Å². The van der Waals surface area contributed by atoms with Crippen molar-refractivity contribution in [3.8, 4) is 0 Å². The third-order valence-electron chi connectivity index (χ3n) is 4.47. The Bertz CT molecular complexity index is 275. The Kier molecular flexibility index (Phi) is 4.85. The Morgan fingerprint density at radius 1 is 1.29 bits per heavy atom. The van der Waals surface area contributed by atoms with E-state index >= 15 is 0 Å². The molecule has 0 aromatic heterocycles. The second kappa shape index (κ2) is 5.57. The Balaban J connectivity index is 0.00000144. The first-order valence-corrected chi connectivity index (χ1v) is 6.54. The number of carbonyl (C=O) groups is 1. The van der Waals surface area contributed by atoms with Crippen LogP contribution in [-0.4, -0.2) is 37.0 Å². The van der Waals surface area contributed by atoms with Crippen LogP contribution in [-0.2, 0) is 4.79 Å². The highest BCUT2D eigenvalue weighted by Gasteiger charge is 2.42. The van der Waals surface area contributed by atoms with Crippen LogP contribution in [0.5, 0.6) is 0 Å². The minimum Gasteiger partial charge on any atom is -0.342 e. The zero-order valence-electron chi connectivity index (χ0n) is 11.2. The van der Waals surface area contributed by atoms with Crippen molar-refractivity contribution in [2.75, 3.05) is 26.2 Å². The van der Waals surface area contributed by atoms with Gasteiger partial charge in [-0.3, -0.25) is 4.79 Å². The molecule has 1 N–H and O–H groups in total. The minimum atomic E-state index is 0. The van der Waals surface area contributed by atoms with Crippen molar-refractivity contribution in [2.45, 2.75) is 33.6 Å². The fourth-order valence-electron chi connectivity index (χ4n) is 2.84. The van der Waals surface area contributed by atoms with Gasteiger partial charge in [0, 0.05) is 31.0 Å². The van der Waals surface area contributed by atoms with Gasteiger partial charge in [-0.15, -0.1) is 12.4 Å². The molecule has 2 atom stereocenters. The number of halogens is 1. The number of nitrogens with one attached hydrogen (secondary N) is 1. The molecule has 17 heavy (non-hydrogen) atoms. The van der Waals surface area contributed by atoms with Crippen molar-refractivity contribution in [1.82, 2.24) is 10.2 Å². The van der Waals surface area contributed by atoms with Crippen LogP contribution in [0.25, 0.3) is 0 Å². The maximum Gasteiger partial charge on any atom is 0.225 e. The Morgan fingerprint density at radius 2 is 2.00 bits per heavy atom. The molecule has 4 heteroatoms. The monoisotopic (exact) mass is 260 g/mol. The molecule has 2 saturated heterocycles. The van der Waals surface area contributed by atoms with Gasteiger partial charge >= 0.3 is 0 Å². The highest BCUT2D eigenvalue weighted by Crippen LogP contribution is 2.36. The van der Waals surface area contributed by atoms with E-state index in [-0.39, 0.29) is 18.3 Å². The van der Waals surface area contributed by atoms with E-state index < -0.39 is 0 Å². The van der Waals surface area contributed by atoms with Gasteiger partial charge in [0.05, 0.1) is 0 Å². The van der Waals surface area contributed by atoms with Gasteiger partial charge in [0.2, 0.25) is 5.91 Å². The largest absolute Gasteiger partial charge is 0.342 e. The molecule has 1 spiro atoms. The molecular formula is C13H25ClN2O. The normalized spacial score (nSPS) is 29.8. The molecule has 100 valence electrons. The maximum atomic E-state index is 12.2. The lowest BCUT2D eigenvalue weighted by atomic mass is 9.86. The van der Waals surface area contributed by atoms with Crippen molar-refractivity contribution < 1.29 is 4.79 Å². The predicted octanol–water partition coefficient (Wildman–Crippen LogP) is 1.91. The molecule has 0 saturated carbocycles. The molecule has 0 aromatic carbocycles. The molecule has 3 nitrogen and oxygen atoms in total. The minimum absolute atomic E-state index is 0. The van der Waals surface area contributed by atoms with Gasteiger partial charge in [-0.1, -0.05) is 20.8 Å². The summed E-state index contributed by atoms with van der Waals surface area (Å²) in [6.07, 6.45) is 2.43. The summed E-state index contributed by atoms with van der Waals surface area (Å²) in [6, 6.07) is 0. The van der Waals surface area contributed by atoms with Gasteiger partial charge in [0.1, 0.15) is 0 Å². The van der Waals surface area contributed by atoms with Gasteiger partial charge in [-0.25, -0.2) is 0 Å². The van der Waals surface area contributed by atoms with Gasteiger partial charge in [-0.05, 0) is 25.3 Å². The summed E-state index contributed by atoms with van der Waals surface area (Å²) in [7, 11) is 0. The Hall–Kier alpha value is -0.280. The van der Waals surface area contributed by atoms with Crippen LogP contribution in [0.4, 0.5) is 0 Å². The molecule has 2 unspecified atom stereocenters. The fourth-order valence-corrected chi connectivity index (χ4v) is 2.84. The zero-order valence-corrected chi connectivity index (χ0v) is 12.0. The SMILES string of the molecule is CC(C)C(C)C(=O)N1CCC2(CCNC2)C1.Cl. The number of nitrogens with zero attached hydrogens (tertiary/aromatic N) is 1. The van der Waals surface area contributed by atoms with Crippen LogP contribution in [0.1, 0.15) is 33.6 Å². The second-order valence-electron chi connectivity index (χ2n) is 5.97. The summed E-state index contributed by atoms with van der Waals surface area (Å²) in [5.41, 5.74) is 0.409. The number of likely N-dealkylation sites (tertiary alicyclic amines) is 1. The molecule has 1 amide bonds. The maximum absolute atomic E-state index is 12.2. The number of hydrogen-bond donors (Lipinski definition) is 1. The lowest BCUT2D eigenvalue weighted by Crippen LogP contribution is -2.37. The number of hydrogen-bond acceptors (Lipinski definition) is 2. The van der Waals surface area contributed by atoms with Gasteiger partial charge < -0.3 is 10.2 Å². The van der Waals surface area contributed by atoms with E-state index in [4.69, 9.17) is 0 Å². The summed E-state index contributed by atoms with van der Waals surface area (Å²) in [6.45, 7) is 10.5. The number of carbonyl (C=O) groups excluding carboxylic acids is 1. The molecule has 2 aliphatic heterocycles. The van der Waals surface area contributed by atoms with Crippen molar-refractivity contribution in [3.05, 3.63) is 0 Å². The average Bonchev–Trinajstić information content (AvgIpc) is 2.87. The third-order valence-corrected chi connectivity index (χ3v) is 4.47. The molecule has 2 heterocycles. The molecule has 0 aromatic rings. The molecule has 0 bridgehead atoms. The second-order valence-corrected chi connectivity index (χ2v) is 5.97. The van der Waals surface area contributed by atoms with Gasteiger partial charge in [0.25, 0.3) is 0 Å². The van der Waals surface area contributed by atoms with Crippen LogP contribution in [0, 0.1) is 17.3 Å². The summed E-state index contributed by atoms with van der Waals surface area (Å²) in [4.78, 5) is 14.3. The van der Waals surface area contributed by atoms with Crippen LogP contribution >= 0.6 is 12.4 Å². The van der Waals surface area contributed by atoms with Crippen LogP contribution < -0.4 is 5.32 Å². The lowest BCUT2D eigenvalue weighted by Gasteiger charge is -2.26. The van der Waals surface area contributed by atoms with Crippen molar-refractivity contribution in [1.29, 1.82) is 0 Å². The summed E-state index contributed by atoms with van der Waals surface area (Å²) < 4.78 is 0. The van der Waals surface area contributed by atoms with Gasteiger partial charge in [-0.2, -0.15) is 0 Å². The summed E-state index contributed by atoms with van der Waals surface area (Å²) in [5, 5.41) is 3.43. The Morgan fingerprint density at radius 3 is 2.53 bits per heavy atom. The van der Waals surface area contributed by atoms with E-state index in [2.05, 4.69) is 31.0 Å².